The monoisotopic (exact) mass is 317 g/mol. The fourth-order valence-electron chi connectivity index (χ4n) is 4.32. The zero-order chi connectivity index (χ0) is 15.9. The van der Waals surface area contributed by atoms with Gasteiger partial charge in [0, 0.05) is 6.54 Å². The molecule has 1 fully saturated rings. The molecule has 0 aromatic rings. The number of rotatable bonds is 7. The molecular weight excluding hydrogens is 286 g/mol. The van der Waals surface area contributed by atoms with Crippen molar-refractivity contribution in [3.8, 4) is 0 Å². The first-order chi connectivity index (χ1) is 11.3. The number of nitrogens with zero attached hydrogens (tertiary/aromatic N) is 1. The molecular formula is C20H31NO2. The maximum Gasteiger partial charge on any atom is 0.310 e. The number of carbonyl (C=O) groups is 1. The summed E-state index contributed by atoms with van der Waals surface area (Å²) >= 11 is 0. The Labute approximate surface area is 140 Å². The van der Waals surface area contributed by atoms with Gasteiger partial charge in [-0.25, -0.2) is 0 Å². The van der Waals surface area contributed by atoms with Crippen molar-refractivity contribution in [2.45, 2.75) is 51.4 Å². The Morgan fingerprint density at radius 3 is 2.48 bits per heavy atom. The third kappa shape index (κ3) is 4.69. The fraction of sp³-hybridized carbons (Fsp3) is 0.750. The molecule has 0 amide bonds. The van der Waals surface area contributed by atoms with E-state index in [1.165, 1.54) is 32.4 Å². The van der Waals surface area contributed by atoms with Crippen molar-refractivity contribution in [3.63, 3.8) is 0 Å². The summed E-state index contributed by atoms with van der Waals surface area (Å²) in [5.41, 5.74) is 0. The van der Waals surface area contributed by atoms with Crippen molar-refractivity contribution in [1.29, 1.82) is 0 Å². The minimum Gasteiger partial charge on any atom is -0.465 e. The lowest BCUT2D eigenvalue weighted by Gasteiger charge is -2.29. The summed E-state index contributed by atoms with van der Waals surface area (Å²) in [5.74, 6) is 0.841. The van der Waals surface area contributed by atoms with Crippen molar-refractivity contribution >= 4 is 5.97 Å². The van der Waals surface area contributed by atoms with Gasteiger partial charge in [0.25, 0.3) is 0 Å². The minimum atomic E-state index is 0.0390. The van der Waals surface area contributed by atoms with Gasteiger partial charge in [-0.05, 0) is 76.3 Å². The first kappa shape index (κ1) is 16.8. The molecule has 3 heteroatoms. The van der Waals surface area contributed by atoms with Crippen molar-refractivity contribution in [3.05, 3.63) is 24.3 Å². The average Bonchev–Trinajstić information content (AvgIpc) is 3.27. The first-order valence-electron chi connectivity index (χ1n) is 9.57. The molecule has 23 heavy (non-hydrogen) atoms. The van der Waals surface area contributed by atoms with Crippen LogP contribution in [0, 0.1) is 17.8 Å². The Hall–Kier alpha value is -1.09. The highest BCUT2D eigenvalue weighted by atomic mass is 16.5. The van der Waals surface area contributed by atoms with Gasteiger partial charge in [-0.3, -0.25) is 4.79 Å². The summed E-state index contributed by atoms with van der Waals surface area (Å²) in [5, 5.41) is 0. The highest BCUT2D eigenvalue weighted by Crippen LogP contribution is 2.36. The van der Waals surface area contributed by atoms with Gasteiger partial charge >= 0.3 is 5.97 Å². The highest BCUT2D eigenvalue weighted by Gasteiger charge is 2.35. The second-order valence-electron chi connectivity index (χ2n) is 7.29. The second-order valence-corrected chi connectivity index (χ2v) is 7.29. The van der Waals surface area contributed by atoms with E-state index in [1.54, 1.807) is 0 Å². The fourth-order valence-corrected chi connectivity index (χ4v) is 4.32. The number of allylic oxidation sites excluding steroid dienone is 4. The summed E-state index contributed by atoms with van der Waals surface area (Å²) in [6, 6.07) is 0. The van der Waals surface area contributed by atoms with E-state index >= 15 is 0 Å². The van der Waals surface area contributed by atoms with Gasteiger partial charge in [0.1, 0.15) is 0 Å². The predicted molar refractivity (Wildman–Crippen MR) is 93.1 cm³/mol. The van der Waals surface area contributed by atoms with Gasteiger partial charge in [0.15, 0.2) is 0 Å². The summed E-state index contributed by atoms with van der Waals surface area (Å²) in [4.78, 5) is 15.2. The van der Waals surface area contributed by atoms with E-state index in [4.69, 9.17) is 4.74 Å². The van der Waals surface area contributed by atoms with E-state index in [-0.39, 0.29) is 11.9 Å². The van der Waals surface area contributed by atoms with E-state index in [1.807, 2.05) is 0 Å². The first-order valence-corrected chi connectivity index (χ1v) is 9.57. The van der Waals surface area contributed by atoms with Gasteiger partial charge in [-0.1, -0.05) is 24.3 Å². The maximum absolute atomic E-state index is 12.7. The number of hydrogen-bond donors (Lipinski definition) is 0. The van der Waals surface area contributed by atoms with Crippen LogP contribution in [0.5, 0.6) is 0 Å². The normalized spacial score (nSPS) is 29.0. The lowest BCUT2D eigenvalue weighted by Crippen LogP contribution is -2.32. The van der Waals surface area contributed by atoms with Crippen LogP contribution >= 0.6 is 0 Å². The zero-order valence-electron chi connectivity index (χ0n) is 14.3. The van der Waals surface area contributed by atoms with E-state index in [2.05, 4.69) is 29.2 Å². The van der Waals surface area contributed by atoms with Crippen molar-refractivity contribution < 1.29 is 9.53 Å². The second kappa shape index (κ2) is 8.68. The molecule has 3 aliphatic rings. The molecule has 0 aromatic heterocycles. The molecule has 128 valence electrons. The Bertz CT molecular complexity index is 437. The molecule has 0 saturated carbocycles. The zero-order valence-corrected chi connectivity index (χ0v) is 14.3. The predicted octanol–water partition coefficient (Wildman–Crippen LogP) is 3.95. The van der Waals surface area contributed by atoms with Gasteiger partial charge in [0.05, 0.1) is 12.5 Å². The maximum atomic E-state index is 12.7. The molecule has 1 aliphatic heterocycles. The number of hydrogen-bond acceptors (Lipinski definition) is 3. The molecule has 3 atom stereocenters. The third-order valence-electron chi connectivity index (χ3n) is 5.60. The molecule has 0 bridgehead atoms. The van der Waals surface area contributed by atoms with Crippen LogP contribution < -0.4 is 0 Å². The van der Waals surface area contributed by atoms with Crippen LogP contribution in [0.25, 0.3) is 0 Å². The van der Waals surface area contributed by atoms with Crippen LogP contribution in [0.15, 0.2) is 24.3 Å². The standard InChI is InChI=1S/C20H31NO2/c22-20(23-16-8-15-21-13-6-7-14-21)19(18-11-4-5-12-18)17-9-2-1-3-10-17/h2,4,9,11,17-19H,1,3,5-8,10,12-16H2. The summed E-state index contributed by atoms with van der Waals surface area (Å²) in [6.45, 7) is 4.09. The van der Waals surface area contributed by atoms with Crippen LogP contribution in [0.1, 0.15) is 51.4 Å². The van der Waals surface area contributed by atoms with E-state index in [0.29, 0.717) is 18.4 Å². The topological polar surface area (TPSA) is 29.5 Å². The van der Waals surface area contributed by atoms with Gasteiger partial charge in [0.2, 0.25) is 0 Å². The number of ether oxygens (including phenoxy) is 1. The molecule has 1 heterocycles. The van der Waals surface area contributed by atoms with E-state index < -0.39 is 0 Å². The van der Waals surface area contributed by atoms with Crippen molar-refractivity contribution in [1.82, 2.24) is 4.90 Å². The van der Waals surface area contributed by atoms with E-state index in [0.717, 1.165) is 38.6 Å². The number of likely N-dealkylation sites (tertiary alicyclic amines) is 1. The molecule has 0 N–H and O–H groups in total. The van der Waals surface area contributed by atoms with Crippen LogP contribution in [0.3, 0.4) is 0 Å². The average molecular weight is 317 g/mol. The molecule has 1 saturated heterocycles. The molecule has 2 aliphatic carbocycles. The largest absolute Gasteiger partial charge is 0.465 e. The Morgan fingerprint density at radius 2 is 1.78 bits per heavy atom. The van der Waals surface area contributed by atoms with Crippen LogP contribution in [0.2, 0.25) is 0 Å². The summed E-state index contributed by atoms with van der Waals surface area (Å²) in [6.07, 6.45) is 18.3. The number of esters is 1. The quantitative estimate of drug-likeness (QED) is 0.404. The smallest absolute Gasteiger partial charge is 0.310 e. The molecule has 3 rings (SSSR count). The van der Waals surface area contributed by atoms with Gasteiger partial charge in [-0.15, -0.1) is 0 Å². The SMILES string of the molecule is O=C(OCCCN1CCCC1)C(C1C=CCC1)C1C=CCCC1. The van der Waals surface area contributed by atoms with Crippen molar-refractivity contribution in [2.75, 3.05) is 26.2 Å². The molecule has 0 spiro atoms. The van der Waals surface area contributed by atoms with Crippen LogP contribution in [-0.2, 0) is 9.53 Å². The van der Waals surface area contributed by atoms with E-state index in [9.17, 15) is 4.79 Å². The van der Waals surface area contributed by atoms with Crippen molar-refractivity contribution in [2.24, 2.45) is 17.8 Å². The Kier molecular flexibility index (Phi) is 6.32. The minimum absolute atomic E-state index is 0.0390. The molecule has 0 radical (unpaired) electrons. The van der Waals surface area contributed by atoms with Crippen LogP contribution in [-0.4, -0.2) is 37.1 Å². The highest BCUT2D eigenvalue weighted by molar-refractivity contribution is 5.74. The Balaban J connectivity index is 1.49. The van der Waals surface area contributed by atoms with Gasteiger partial charge < -0.3 is 9.64 Å². The molecule has 3 nitrogen and oxygen atoms in total. The number of carbonyl (C=O) groups excluding carboxylic acids is 1. The van der Waals surface area contributed by atoms with Crippen LogP contribution in [0.4, 0.5) is 0 Å². The third-order valence-corrected chi connectivity index (χ3v) is 5.60. The molecule has 3 unspecified atom stereocenters. The lowest BCUT2D eigenvalue weighted by molar-refractivity contribution is -0.151. The lowest BCUT2D eigenvalue weighted by atomic mass is 9.77. The molecule has 0 aromatic carbocycles. The summed E-state index contributed by atoms with van der Waals surface area (Å²) < 4.78 is 5.70. The Morgan fingerprint density at radius 1 is 1.04 bits per heavy atom. The summed E-state index contributed by atoms with van der Waals surface area (Å²) in [7, 11) is 0. The van der Waals surface area contributed by atoms with Gasteiger partial charge in [-0.2, -0.15) is 0 Å².